The van der Waals surface area contributed by atoms with Crippen LogP contribution < -0.4 is 5.73 Å². The van der Waals surface area contributed by atoms with Crippen molar-refractivity contribution >= 4 is 5.91 Å². The van der Waals surface area contributed by atoms with Crippen molar-refractivity contribution in [2.75, 3.05) is 0 Å². The fourth-order valence-electron chi connectivity index (χ4n) is 1.67. The van der Waals surface area contributed by atoms with Crippen molar-refractivity contribution in [3.8, 4) is 0 Å². The van der Waals surface area contributed by atoms with Gasteiger partial charge >= 0.3 is 0 Å². The molecule has 4 nitrogen and oxygen atoms in total. The lowest BCUT2D eigenvalue weighted by Crippen LogP contribution is -2.44. The largest absolute Gasteiger partial charge is 0.334 e. The van der Waals surface area contributed by atoms with E-state index in [4.69, 9.17) is 5.73 Å². The molecule has 18 heavy (non-hydrogen) atoms. The average Bonchev–Trinajstić information content (AvgIpc) is 2.35. The Kier molecular flexibility index (Phi) is 5.28. The van der Waals surface area contributed by atoms with Crippen molar-refractivity contribution in [1.29, 1.82) is 0 Å². The fourth-order valence-corrected chi connectivity index (χ4v) is 1.67. The quantitative estimate of drug-likeness (QED) is 0.865. The summed E-state index contributed by atoms with van der Waals surface area (Å²) in [6.07, 6.45) is 1.74. The van der Waals surface area contributed by atoms with E-state index in [2.05, 4.69) is 4.98 Å². The van der Waals surface area contributed by atoms with E-state index in [1.807, 2.05) is 50.8 Å². The Labute approximate surface area is 109 Å². The molecule has 0 bridgehead atoms. The number of hydrogen-bond donors (Lipinski definition) is 1. The molecule has 0 aromatic carbocycles. The fraction of sp³-hybridized carbons (Fsp3) is 0.571. The second-order valence-electron chi connectivity index (χ2n) is 5.03. The van der Waals surface area contributed by atoms with Crippen LogP contribution >= 0.6 is 0 Å². The summed E-state index contributed by atoms with van der Waals surface area (Å²) in [7, 11) is 0. The molecule has 1 aromatic heterocycles. The van der Waals surface area contributed by atoms with Gasteiger partial charge in [0.2, 0.25) is 5.91 Å². The van der Waals surface area contributed by atoms with E-state index in [0.717, 1.165) is 5.69 Å². The molecule has 100 valence electrons. The smallest absolute Gasteiger partial charge is 0.227 e. The molecule has 0 aliphatic rings. The van der Waals surface area contributed by atoms with Crippen LogP contribution in [0.15, 0.2) is 24.4 Å². The Morgan fingerprint density at radius 1 is 1.33 bits per heavy atom. The lowest BCUT2D eigenvalue weighted by Gasteiger charge is -2.30. The number of nitrogens with two attached hydrogens (primary N) is 1. The number of rotatable bonds is 5. The molecule has 1 rings (SSSR count). The van der Waals surface area contributed by atoms with Gasteiger partial charge in [-0.1, -0.05) is 13.0 Å². The maximum absolute atomic E-state index is 12.3. The first-order chi connectivity index (χ1) is 8.43. The van der Waals surface area contributed by atoms with E-state index in [1.165, 1.54) is 0 Å². The Hall–Kier alpha value is -1.42. The van der Waals surface area contributed by atoms with Crippen LogP contribution in [0.1, 0.15) is 33.4 Å². The normalized spacial score (nSPS) is 14.3. The molecule has 0 fully saturated rings. The highest BCUT2D eigenvalue weighted by Gasteiger charge is 2.25. The average molecular weight is 249 g/mol. The summed E-state index contributed by atoms with van der Waals surface area (Å²) in [5.74, 6) is -0.0817. The minimum atomic E-state index is -0.170. The van der Waals surface area contributed by atoms with Gasteiger partial charge in [-0.05, 0) is 32.9 Å². The van der Waals surface area contributed by atoms with E-state index < -0.39 is 0 Å². The number of amides is 1. The van der Waals surface area contributed by atoms with E-state index >= 15 is 0 Å². The molecule has 4 heteroatoms. The third kappa shape index (κ3) is 3.81. The molecule has 0 saturated carbocycles. The number of carbonyl (C=O) groups excluding carboxylic acids is 1. The Morgan fingerprint density at radius 2 is 2.00 bits per heavy atom. The Bertz CT molecular complexity index is 376. The predicted molar refractivity (Wildman–Crippen MR) is 72.7 cm³/mol. The highest BCUT2D eigenvalue weighted by molar-refractivity contribution is 5.79. The SMILES string of the molecule is CC(N)C(C)C(=O)N(Cc1ccccn1)C(C)C. The van der Waals surface area contributed by atoms with Crippen molar-refractivity contribution in [3.05, 3.63) is 30.1 Å². The zero-order chi connectivity index (χ0) is 13.7. The van der Waals surface area contributed by atoms with Crippen LogP contribution in [0.4, 0.5) is 0 Å². The summed E-state index contributed by atoms with van der Waals surface area (Å²) >= 11 is 0. The van der Waals surface area contributed by atoms with Gasteiger partial charge in [-0.15, -0.1) is 0 Å². The molecule has 0 aliphatic heterocycles. The monoisotopic (exact) mass is 249 g/mol. The van der Waals surface area contributed by atoms with Gasteiger partial charge in [0.1, 0.15) is 0 Å². The highest BCUT2D eigenvalue weighted by atomic mass is 16.2. The second kappa shape index (κ2) is 6.50. The van der Waals surface area contributed by atoms with Crippen LogP contribution in [-0.4, -0.2) is 27.9 Å². The number of carbonyl (C=O) groups is 1. The van der Waals surface area contributed by atoms with Crippen LogP contribution in [0.25, 0.3) is 0 Å². The van der Waals surface area contributed by atoms with Crippen LogP contribution in [0, 0.1) is 5.92 Å². The number of pyridine rings is 1. The van der Waals surface area contributed by atoms with Crippen LogP contribution in [0.3, 0.4) is 0 Å². The predicted octanol–water partition coefficient (Wildman–Crippen LogP) is 1.80. The number of aromatic nitrogens is 1. The van der Waals surface area contributed by atoms with Crippen molar-refractivity contribution in [2.45, 2.75) is 46.3 Å². The molecule has 2 atom stereocenters. The lowest BCUT2D eigenvalue weighted by atomic mass is 10.0. The van der Waals surface area contributed by atoms with Crippen LogP contribution in [-0.2, 0) is 11.3 Å². The van der Waals surface area contributed by atoms with Gasteiger partial charge < -0.3 is 10.6 Å². The van der Waals surface area contributed by atoms with E-state index in [1.54, 1.807) is 6.20 Å². The molecule has 0 radical (unpaired) electrons. The molecule has 0 saturated heterocycles. The summed E-state index contributed by atoms with van der Waals surface area (Å²) in [4.78, 5) is 18.4. The van der Waals surface area contributed by atoms with E-state index in [0.29, 0.717) is 6.54 Å². The summed E-state index contributed by atoms with van der Waals surface area (Å²) in [6.45, 7) is 8.29. The van der Waals surface area contributed by atoms with Crippen molar-refractivity contribution in [2.24, 2.45) is 11.7 Å². The third-order valence-electron chi connectivity index (χ3n) is 3.14. The summed E-state index contributed by atoms with van der Waals surface area (Å²) in [6, 6.07) is 5.73. The molecular weight excluding hydrogens is 226 g/mol. The summed E-state index contributed by atoms with van der Waals surface area (Å²) in [5, 5.41) is 0. The number of nitrogens with zero attached hydrogens (tertiary/aromatic N) is 2. The van der Waals surface area contributed by atoms with Gasteiger partial charge in [0.25, 0.3) is 0 Å². The highest BCUT2D eigenvalue weighted by Crippen LogP contribution is 2.13. The maximum Gasteiger partial charge on any atom is 0.227 e. The topological polar surface area (TPSA) is 59.2 Å². The van der Waals surface area contributed by atoms with E-state index in [9.17, 15) is 4.79 Å². The summed E-state index contributed by atoms with van der Waals surface area (Å²) < 4.78 is 0. The first kappa shape index (κ1) is 14.6. The van der Waals surface area contributed by atoms with Crippen molar-refractivity contribution < 1.29 is 4.79 Å². The Balaban J connectivity index is 2.81. The lowest BCUT2D eigenvalue weighted by molar-refractivity contribution is -0.138. The molecule has 1 heterocycles. The molecule has 0 spiro atoms. The summed E-state index contributed by atoms with van der Waals surface area (Å²) in [5.41, 5.74) is 6.70. The van der Waals surface area contributed by atoms with Crippen LogP contribution in [0.5, 0.6) is 0 Å². The maximum atomic E-state index is 12.3. The van der Waals surface area contributed by atoms with Gasteiger partial charge in [0.15, 0.2) is 0 Å². The molecule has 2 N–H and O–H groups in total. The molecule has 0 aliphatic carbocycles. The minimum absolute atomic E-state index is 0.0886. The molecular formula is C14H23N3O. The van der Waals surface area contributed by atoms with Crippen molar-refractivity contribution in [1.82, 2.24) is 9.88 Å². The van der Waals surface area contributed by atoms with E-state index in [-0.39, 0.29) is 23.9 Å². The van der Waals surface area contributed by atoms with Crippen molar-refractivity contribution in [3.63, 3.8) is 0 Å². The minimum Gasteiger partial charge on any atom is -0.334 e. The molecule has 1 amide bonds. The zero-order valence-electron chi connectivity index (χ0n) is 11.6. The zero-order valence-corrected chi connectivity index (χ0v) is 11.6. The Morgan fingerprint density at radius 3 is 2.44 bits per heavy atom. The number of hydrogen-bond acceptors (Lipinski definition) is 3. The first-order valence-corrected chi connectivity index (χ1v) is 6.39. The molecule has 1 aromatic rings. The standard InChI is InChI=1S/C14H23N3O/c1-10(2)17(14(18)11(3)12(4)15)9-13-7-5-6-8-16-13/h5-8,10-12H,9,15H2,1-4H3. The first-order valence-electron chi connectivity index (χ1n) is 6.39. The second-order valence-corrected chi connectivity index (χ2v) is 5.03. The third-order valence-corrected chi connectivity index (χ3v) is 3.14. The molecule has 2 unspecified atom stereocenters. The van der Waals surface area contributed by atoms with Gasteiger partial charge in [-0.25, -0.2) is 0 Å². The van der Waals surface area contributed by atoms with Gasteiger partial charge in [0, 0.05) is 18.3 Å². The van der Waals surface area contributed by atoms with Gasteiger partial charge in [-0.3, -0.25) is 9.78 Å². The van der Waals surface area contributed by atoms with Crippen LogP contribution in [0.2, 0.25) is 0 Å². The van der Waals surface area contributed by atoms with Gasteiger partial charge in [-0.2, -0.15) is 0 Å². The van der Waals surface area contributed by atoms with Gasteiger partial charge in [0.05, 0.1) is 18.2 Å².